The van der Waals surface area contributed by atoms with E-state index in [1.165, 1.54) is 0 Å². The van der Waals surface area contributed by atoms with E-state index in [4.69, 9.17) is 4.74 Å². The van der Waals surface area contributed by atoms with Crippen molar-refractivity contribution >= 4 is 0 Å². The van der Waals surface area contributed by atoms with E-state index in [1.54, 1.807) is 18.2 Å². The van der Waals surface area contributed by atoms with Crippen molar-refractivity contribution in [2.45, 2.75) is 37.9 Å². The first kappa shape index (κ1) is 21.1. The van der Waals surface area contributed by atoms with Crippen molar-refractivity contribution in [1.29, 1.82) is 0 Å². The van der Waals surface area contributed by atoms with E-state index < -0.39 is 6.10 Å². The monoisotopic (exact) mass is 439 g/mol. The number of aliphatic hydroxyl groups is 1. The molecular formula is C27H25N3O3. The van der Waals surface area contributed by atoms with Crippen molar-refractivity contribution in [3.63, 3.8) is 0 Å². The smallest absolute Gasteiger partial charge is 0.167 e. The summed E-state index contributed by atoms with van der Waals surface area (Å²) in [7, 11) is 0. The highest BCUT2D eigenvalue weighted by Gasteiger charge is 2.25. The number of ether oxygens (including phenoxy) is 1. The Morgan fingerprint density at radius 1 is 0.697 bits per heavy atom. The fourth-order valence-electron chi connectivity index (χ4n) is 4.09. The Labute approximate surface area is 192 Å². The molecule has 166 valence electrons. The second kappa shape index (κ2) is 9.38. The van der Waals surface area contributed by atoms with Gasteiger partial charge in [0, 0.05) is 17.2 Å². The number of hydrogen-bond acceptors (Lipinski definition) is 6. The van der Waals surface area contributed by atoms with Crippen LogP contribution in [0.5, 0.6) is 11.5 Å². The lowest BCUT2D eigenvalue weighted by molar-refractivity contribution is 0.00679. The fourth-order valence-corrected chi connectivity index (χ4v) is 4.09. The topological polar surface area (TPSA) is 88.4 Å². The molecule has 1 aliphatic rings. The fraction of sp³-hybridized carbons (Fsp3) is 0.222. The predicted octanol–water partition coefficient (Wildman–Crippen LogP) is 5.26. The number of benzene rings is 3. The molecule has 2 unspecified atom stereocenters. The first-order chi connectivity index (χ1) is 16.2. The van der Waals surface area contributed by atoms with Gasteiger partial charge in [0.1, 0.15) is 17.6 Å². The number of rotatable bonds is 5. The standard InChI is InChI=1S/C27H25N3O3/c31-22-13-7-8-14-24(22)33-20-15-16-21(23(32)17-20)27-29-25(18-9-3-1-4-10-18)28-26(30-27)19-11-5-2-6-12-19/h1-6,9-12,15-17,22,24,31-32H,7-8,13-14H2. The van der Waals surface area contributed by atoms with Crippen molar-refractivity contribution in [3.05, 3.63) is 78.9 Å². The Bertz CT molecular complexity index is 1170. The summed E-state index contributed by atoms with van der Waals surface area (Å²) in [4.78, 5) is 14.0. The van der Waals surface area contributed by atoms with E-state index >= 15 is 0 Å². The molecule has 0 amide bonds. The van der Waals surface area contributed by atoms with Crippen LogP contribution in [0.1, 0.15) is 25.7 Å². The molecule has 5 rings (SSSR count). The molecule has 1 fully saturated rings. The van der Waals surface area contributed by atoms with Gasteiger partial charge in [-0.05, 0) is 31.4 Å². The van der Waals surface area contributed by atoms with Gasteiger partial charge in [0.05, 0.1) is 11.7 Å². The van der Waals surface area contributed by atoms with E-state index in [-0.39, 0.29) is 11.9 Å². The van der Waals surface area contributed by atoms with Gasteiger partial charge in [0.25, 0.3) is 0 Å². The van der Waals surface area contributed by atoms with Crippen LogP contribution >= 0.6 is 0 Å². The molecule has 0 spiro atoms. The van der Waals surface area contributed by atoms with Crippen molar-refractivity contribution in [2.75, 3.05) is 0 Å². The van der Waals surface area contributed by atoms with Gasteiger partial charge in [0.15, 0.2) is 17.5 Å². The van der Waals surface area contributed by atoms with Gasteiger partial charge in [-0.2, -0.15) is 0 Å². The van der Waals surface area contributed by atoms with Gasteiger partial charge in [0.2, 0.25) is 0 Å². The number of aliphatic hydroxyl groups excluding tert-OH is 1. The summed E-state index contributed by atoms with van der Waals surface area (Å²) >= 11 is 0. The quantitative estimate of drug-likeness (QED) is 0.441. The molecule has 3 aromatic carbocycles. The van der Waals surface area contributed by atoms with Crippen LogP contribution in [-0.2, 0) is 0 Å². The van der Waals surface area contributed by atoms with Gasteiger partial charge in [-0.25, -0.2) is 15.0 Å². The molecule has 4 aromatic rings. The third kappa shape index (κ3) is 4.71. The zero-order valence-corrected chi connectivity index (χ0v) is 18.1. The van der Waals surface area contributed by atoms with Gasteiger partial charge < -0.3 is 14.9 Å². The lowest BCUT2D eigenvalue weighted by atomic mass is 9.95. The molecule has 6 nitrogen and oxygen atoms in total. The second-order valence-electron chi connectivity index (χ2n) is 8.23. The van der Waals surface area contributed by atoms with Gasteiger partial charge >= 0.3 is 0 Å². The van der Waals surface area contributed by atoms with E-state index in [9.17, 15) is 10.2 Å². The largest absolute Gasteiger partial charge is 0.507 e. The average Bonchev–Trinajstić information content (AvgIpc) is 2.86. The first-order valence-corrected chi connectivity index (χ1v) is 11.2. The number of nitrogens with zero attached hydrogens (tertiary/aromatic N) is 3. The summed E-state index contributed by atoms with van der Waals surface area (Å²) in [5.41, 5.74) is 2.22. The molecule has 0 aliphatic heterocycles. The van der Waals surface area contributed by atoms with Crippen LogP contribution < -0.4 is 4.74 Å². The highest BCUT2D eigenvalue weighted by Crippen LogP contribution is 2.34. The lowest BCUT2D eigenvalue weighted by Crippen LogP contribution is -2.34. The Balaban J connectivity index is 1.52. The van der Waals surface area contributed by atoms with Crippen LogP contribution in [0.4, 0.5) is 0 Å². The van der Waals surface area contributed by atoms with E-state index in [2.05, 4.69) is 15.0 Å². The maximum absolute atomic E-state index is 10.8. The number of aromatic hydroxyl groups is 1. The summed E-state index contributed by atoms with van der Waals surface area (Å²) in [6, 6.07) is 24.5. The number of phenols is 1. The maximum Gasteiger partial charge on any atom is 0.167 e. The Morgan fingerprint density at radius 3 is 1.85 bits per heavy atom. The van der Waals surface area contributed by atoms with Crippen molar-refractivity contribution in [1.82, 2.24) is 15.0 Å². The molecule has 1 aliphatic carbocycles. The molecule has 2 atom stereocenters. The third-order valence-corrected chi connectivity index (χ3v) is 5.86. The summed E-state index contributed by atoms with van der Waals surface area (Å²) in [6.45, 7) is 0. The molecule has 1 aromatic heterocycles. The van der Waals surface area contributed by atoms with Crippen LogP contribution in [0.2, 0.25) is 0 Å². The van der Waals surface area contributed by atoms with Crippen LogP contribution in [0.25, 0.3) is 34.2 Å². The van der Waals surface area contributed by atoms with Gasteiger partial charge in [-0.3, -0.25) is 0 Å². The molecule has 2 N–H and O–H groups in total. The molecular weight excluding hydrogens is 414 g/mol. The van der Waals surface area contributed by atoms with Crippen molar-refractivity contribution in [3.8, 4) is 45.7 Å². The Hall–Kier alpha value is -3.77. The minimum atomic E-state index is -0.481. The zero-order valence-electron chi connectivity index (χ0n) is 18.1. The Kier molecular flexibility index (Phi) is 6.00. The van der Waals surface area contributed by atoms with Crippen molar-refractivity contribution < 1.29 is 14.9 Å². The number of aromatic nitrogens is 3. The minimum absolute atomic E-state index is 0.0158. The summed E-state index contributed by atoms with van der Waals surface area (Å²) in [5.74, 6) is 1.98. The van der Waals surface area contributed by atoms with Crippen molar-refractivity contribution in [2.24, 2.45) is 0 Å². The minimum Gasteiger partial charge on any atom is -0.507 e. The highest BCUT2D eigenvalue weighted by atomic mass is 16.5. The maximum atomic E-state index is 10.8. The second-order valence-corrected chi connectivity index (χ2v) is 8.23. The number of phenolic OH excluding ortho intramolecular Hbond substituents is 1. The number of hydrogen-bond donors (Lipinski definition) is 2. The molecule has 0 saturated heterocycles. The van der Waals surface area contributed by atoms with Crippen LogP contribution in [0.15, 0.2) is 78.9 Å². The van der Waals surface area contributed by atoms with Gasteiger partial charge in [-0.1, -0.05) is 67.1 Å². The normalized spacial score (nSPS) is 18.1. The zero-order chi connectivity index (χ0) is 22.6. The Morgan fingerprint density at radius 2 is 1.27 bits per heavy atom. The molecule has 6 heteroatoms. The molecule has 33 heavy (non-hydrogen) atoms. The highest BCUT2D eigenvalue weighted by molar-refractivity contribution is 5.70. The van der Waals surface area contributed by atoms with E-state index in [0.29, 0.717) is 28.8 Å². The van der Waals surface area contributed by atoms with E-state index in [0.717, 1.165) is 36.8 Å². The van der Waals surface area contributed by atoms with Crippen LogP contribution in [0, 0.1) is 0 Å². The van der Waals surface area contributed by atoms with E-state index in [1.807, 2.05) is 60.7 Å². The molecule has 1 heterocycles. The molecule has 0 radical (unpaired) electrons. The summed E-state index contributed by atoms with van der Waals surface area (Å²) in [5, 5.41) is 21.0. The lowest BCUT2D eigenvalue weighted by Gasteiger charge is -2.28. The third-order valence-electron chi connectivity index (χ3n) is 5.86. The first-order valence-electron chi connectivity index (χ1n) is 11.2. The summed E-state index contributed by atoms with van der Waals surface area (Å²) < 4.78 is 5.96. The predicted molar refractivity (Wildman–Crippen MR) is 127 cm³/mol. The van der Waals surface area contributed by atoms with Gasteiger partial charge in [-0.15, -0.1) is 0 Å². The molecule has 0 bridgehead atoms. The van der Waals surface area contributed by atoms with Crippen LogP contribution in [-0.4, -0.2) is 37.4 Å². The van der Waals surface area contributed by atoms with Crippen LogP contribution in [0.3, 0.4) is 0 Å². The summed E-state index contributed by atoms with van der Waals surface area (Å²) in [6.07, 6.45) is 2.85. The molecule has 1 saturated carbocycles. The average molecular weight is 440 g/mol. The SMILES string of the molecule is Oc1cc(OC2CCCCC2O)ccc1-c1nc(-c2ccccc2)nc(-c2ccccc2)n1.